The lowest BCUT2D eigenvalue weighted by Gasteiger charge is -2.06. The van der Waals surface area contributed by atoms with E-state index in [-0.39, 0.29) is 23.7 Å². The molecule has 2 aromatic rings. The van der Waals surface area contributed by atoms with Gasteiger partial charge in [0.05, 0.1) is 29.6 Å². The molecule has 0 aliphatic rings. The minimum Gasteiger partial charge on any atom is -0.504 e. The van der Waals surface area contributed by atoms with Crippen LogP contribution in [0.1, 0.15) is 5.56 Å². The Kier molecular flexibility index (Phi) is 5.00. The van der Waals surface area contributed by atoms with Crippen molar-refractivity contribution in [2.75, 3.05) is 7.11 Å². The van der Waals surface area contributed by atoms with Crippen molar-refractivity contribution in [3.05, 3.63) is 62.2 Å². The Morgan fingerprint density at radius 1 is 1.17 bits per heavy atom. The first-order valence-corrected chi connectivity index (χ1v) is 6.59. The minimum absolute atomic E-state index is 0.0445. The number of phenolic OH excluding ortho intramolecular Hbond substituents is 1. The molecule has 0 radical (unpaired) electrons. The fraction of sp³-hybridized carbons (Fsp3) is 0.143. The molecule has 0 aromatic heterocycles. The summed E-state index contributed by atoms with van der Waals surface area (Å²) < 4.78 is 4.96. The Bertz CT molecular complexity index is 821. The summed E-state index contributed by atoms with van der Waals surface area (Å²) in [7, 11) is 1.40. The van der Waals surface area contributed by atoms with Gasteiger partial charge >= 0.3 is 5.69 Å². The third kappa shape index (κ3) is 3.61. The lowest BCUT2D eigenvalue weighted by Crippen LogP contribution is -1.92. The van der Waals surface area contributed by atoms with Crippen molar-refractivity contribution in [3.8, 4) is 11.5 Å². The van der Waals surface area contributed by atoms with Crippen molar-refractivity contribution < 1.29 is 19.7 Å². The van der Waals surface area contributed by atoms with Gasteiger partial charge in [-0.05, 0) is 12.1 Å². The van der Waals surface area contributed by atoms with Gasteiger partial charge in [0.1, 0.15) is 0 Å². The maximum atomic E-state index is 11.0. The van der Waals surface area contributed by atoms with E-state index in [0.717, 1.165) is 18.2 Å². The number of ether oxygens (including phenoxy) is 1. The van der Waals surface area contributed by atoms with Gasteiger partial charge in [-0.15, -0.1) is 5.11 Å². The summed E-state index contributed by atoms with van der Waals surface area (Å²) in [4.78, 5) is 20.2. The van der Waals surface area contributed by atoms with E-state index >= 15 is 0 Å². The number of benzene rings is 2. The molecular weight excluding hydrogens is 320 g/mol. The normalized spacial score (nSPS) is 10.7. The molecular formula is C14H12N4O6. The van der Waals surface area contributed by atoms with Crippen LogP contribution in [-0.4, -0.2) is 22.1 Å². The molecule has 0 bridgehead atoms. The number of aromatic hydroxyl groups is 1. The van der Waals surface area contributed by atoms with Crippen LogP contribution in [0.2, 0.25) is 0 Å². The van der Waals surface area contributed by atoms with E-state index in [1.165, 1.54) is 7.11 Å². The van der Waals surface area contributed by atoms with E-state index in [0.29, 0.717) is 5.56 Å². The number of nitro benzene ring substituents is 2. The fourth-order valence-electron chi connectivity index (χ4n) is 1.90. The zero-order valence-electron chi connectivity index (χ0n) is 12.4. The molecule has 2 rings (SSSR count). The molecule has 0 saturated carbocycles. The van der Waals surface area contributed by atoms with Crippen LogP contribution in [0.4, 0.5) is 17.1 Å². The molecule has 0 saturated heterocycles. The number of non-ortho nitro benzene ring substituents is 1. The lowest BCUT2D eigenvalue weighted by molar-refractivity contribution is -0.393. The van der Waals surface area contributed by atoms with Gasteiger partial charge in [0, 0.05) is 11.6 Å². The predicted octanol–water partition coefficient (Wildman–Crippen LogP) is 3.50. The van der Waals surface area contributed by atoms with E-state index in [9.17, 15) is 25.3 Å². The van der Waals surface area contributed by atoms with Crippen molar-refractivity contribution in [2.24, 2.45) is 10.2 Å². The number of methoxy groups -OCH3 is 1. The van der Waals surface area contributed by atoms with E-state index in [1.807, 2.05) is 0 Å². The van der Waals surface area contributed by atoms with E-state index in [2.05, 4.69) is 10.2 Å². The Balaban J connectivity index is 2.26. The van der Waals surface area contributed by atoms with E-state index in [1.54, 1.807) is 18.2 Å². The summed E-state index contributed by atoms with van der Waals surface area (Å²) in [5, 5.41) is 39.1. The van der Waals surface area contributed by atoms with Crippen LogP contribution >= 0.6 is 0 Å². The second kappa shape index (κ2) is 7.13. The molecule has 1 N–H and O–H groups in total. The summed E-state index contributed by atoms with van der Waals surface area (Å²) in [5.74, 6) is 0.168. The molecule has 10 heteroatoms. The molecule has 124 valence electrons. The molecule has 10 nitrogen and oxygen atoms in total. The van der Waals surface area contributed by atoms with Gasteiger partial charge in [-0.3, -0.25) is 20.2 Å². The Hall–Kier alpha value is -3.56. The highest BCUT2D eigenvalue weighted by molar-refractivity contribution is 5.61. The number of nitrogens with zero attached hydrogens (tertiary/aromatic N) is 4. The number of para-hydroxylation sites is 1. The van der Waals surface area contributed by atoms with Crippen molar-refractivity contribution in [2.45, 2.75) is 6.54 Å². The SMILES string of the molecule is COc1cccc(CN=Nc2ccc([N+](=O)[O-])cc2[N+](=O)[O-])c1O. The number of hydrogen-bond donors (Lipinski definition) is 1. The number of azo groups is 1. The van der Waals surface area contributed by atoms with Crippen LogP contribution in [-0.2, 0) is 6.54 Å². The van der Waals surface area contributed by atoms with Gasteiger partial charge in [-0.1, -0.05) is 12.1 Å². The quantitative estimate of drug-likeness (QED) is 0.487. The molecule has 0 fully saturated rings. The topological polar surface area (TPSA) is 140 Å². The smallest absolute Gasteiger partial charge is 0.303 e. The average molecular weight is 332 g/mol. The molecule has 0 aliphatic heterocycles. The summed E-state index contributed by atoms with van der Waals surface area (Å²) in [6.45, 7) is -0.0445. The highest BCUT2D eigenvalue weighted by Gasteiger charge is 2.19. The van der Waals surface area contributed by atoms with Crippen LogP contribution in [0.3, 0.4) is 0 Å². The summed E-state index contributed by atoms with van der Waals surface area (Å²) in [6, 6.07) is 7.88. The first-order valence-electron chi connectivity index (χ1n) is 6.59. The Morgan fingerprint density at radius 2 is 1.92 bits per heavy atom. The number of nitro groups is 2. The fourth-order valence-corrected chi connectivity index (χ4v) is 1.90. The zero-order valence-corrected chi connectivity index (χ0v) is 12.4. The Labute approximate surface area is 135 Å². The molecule has 24 heavy (non-hydrogen) atoms. The largest absolute Gasteiger partial charge is 0.504 e. The van der Waals surface area contributed by atoms with Crippen LogP contribution in [0, 0.1) is 20.2 Å². The van der Waals surface area contributed by atoms with Gasteiger partial charge in [0.25, 0.3) is 5.69 Å². The van der Waals surface area contributed by atoms with Gasteiger partial charge in [0.15, 0.2) is 17.2 Å². The van der Waals surface area contributed by atoms with Crippen molar-refractivity contribution in [3.63, 3.8) is 0 Å². The number of hydrogen-bond acceptors (Lipinski definition) is 8. The standard InChI is InChI=1S/C14H12N4O6/c1-24-13-4-2-3-9(14(13)19)8-15-16-11-6-5-10(17(20)21)7-12(11)18(22)23/h2-7,19H,8H2,1H3. The van der Waals surface area contributed by atoms with Gasteiger partial charge in [-0.25, -0.2) is 0 Å². The molecule has 0 atom stereocenters. The second-order valence-corrected chi connectivity index (χ2v) is 4.55. The second-order valence-electron chi connectivity index (χ2n) is 4.55. The third-order valence-electron chi connectivity index (χ3n) is 3.09. The summed E-state index contributed by atoms with van der Waals surface area (Å²) in [6.07, 6.45) is 0. The third-order valence-corrected chi connectivity index (χ3v) is 3.09. The van der Waals surface area contributed by atoms with Gasteiger partial charge in [-0.2, -0.15) is 5.11 Å². The predicted molar refractivity (Wildman–Crippen MR) is 82.6 cm³/mol. The first kappa shape index (κ1) is 16.8. The molecule has 2 aromatic carbocycles. The number of phenols is 1. The highest BCUT2D eigenvalue weighted by Crippen LogP contribution is 2.33. The van der Waals surface area contributed by atoms with Crippen molar-refractivity contribution >= 4 is 17.1 Å². The molecule has 0 aliphatic carbocycles. The maximum absolute atomic E-state index is 11.0. The van der Waals surface area contributed by atoms with Gasteiger partial charge in [0.2, 0.25) is 0 Å². The first-order chi connectivity index (χ1) is 11.4. The van der Waals surface area contributed by atoms with Crippen LogP contribution in [0.25, 0.3) is 0 Å². The van der Waals surface area contributed by atoms with Crippen LogP contribution in [0.15, 0.2) is 46.6 Å². The van der Waals surface area contributed by atoms with Crippen LogP contribution < -0.4 is 4.74 Å². The molecule has 0 spiro atoms. The summed E-state index contributed by atoms with van der Waals surface area (Å²) in [5.41, 5.74) is -0.635. The summed E-state index contributed by atoms with van der Waals surface area (Å²) >= 11 is 0. The van der Waals surface area contributed by atoms with Crippen LogP contribution in [0.5, 0.6) is 11.5 Å². The molecule has 0 unspecified atom stereocenters. The minimum atomic E-state index is -0.773. The molecule has 0 amide bonds. The van der Waals surface area contributed by atoms with Crippen molar-refractivity contribution in [1.29, 1.82) is 0 Å². The monoisotopic (exact) mass is 332 g/mol. The lowest BCUT2D eigenvalue weighted by atomic mass is 10.2. The van der Waals surface area contributed by atoms with Gasteiger partial charge < -0.3 is 9.84 Å². The maximum Gasteiger partial charge on any atom is 0.303 e. The van der Waals surface area contributed by atoms with Crippen molar-refractivity contribution in [1.82, 2.24) is 0 Å². The highest BCUT2D eigenvalue weighted by atomic mass is 16.6. The zero-order chi connectivity index (χ0) is 17.7. The van der Waals surface area contributed by atoms with E-state index < -0.39 is 21.2 Å². The average Bonchev–Trinajstić information content (AvgIpc) is 2.56. The number of rotatable bonds is 6. The molecule has 0 heterocycles. The Morgan fingerprint density at radius 3 is 2.54 bits per heavy atom. The van der Waals surface area contributed by atoms with E-state index in [4.69, 9.17) is 4.74 Å².